The Labute approximate surface area is 146 Å². The fourth-order valence-electron chi connectivity index (χ4n) is 2.91. The molecule has 1 aliphatic rings. The highest BCUT2D eigenvalue weighted by Gasteiger charge is 2.42. The topological polar surface area (TPSA) is 96.1 Å². The lowest BCUT2D eigenvalue weighted by Gasteiger charge is -2.15. The second-order valence-electron chi connectivity index (χ2n) is 6.26. The van der Waals surface area contributed by atoms with Crippen LogP contribution in [-0.2, 0) is 24.9 Å². The van der Waals surface area contributed by atoms with E-state index < -0.39 is 10.1 Å². The van der Waals surface area contributed by atoms with E-state index in [0.717, 1.165) is 28.2 Å². The molecule has 0 saturated heterocycles. The van der Waals surface area contributed by atoms with Gasteiger partial charge in [-0.15, -0.1) is 4.33 Å². The maximum atomic E-state index is 10.8. The monoisotopic (exact) mass is 376 g/mol. The summed E-state index contributed by atoms with van der Waals surface area (Å²) in [4.78, 5) is 0.803. The van der Waals surface area contributed by atoms with E-state index in [1.807, 2.05) is 18.2 Å². The van der Waals surface area contributed by atoms with Crippen LogP contribution in [0.5, 0.6) is 0 Å². The molecule has 0 bridgehead atoms. The van der Waals surface area contributed by atoms with Gasteiger partial charge in [0.1, 0.15) is 6.54 Å². The summed E-state index contributed by atoms with van der Waals surface area (Å²) >= 11 is 0.919. The normalized spacial score (nSPS) is 16.5. The number of fused-ring (bicyclic) bond motifs is 1. The van der Waals surface area contributed by atoms with Crippen LogP contribution < -0.4 is 0 Å². The molecule has 0 radical (unpaired) electrons. The van der Waals surface area contributed by atoms with Crippen LogP contribution in [0.2, 0.25) is 0 Å². The molecule has 0 atom stereocenters. The maximum Gasteiger partial charge on any atom is 0.264 e. The Morgan fingerprint density at radius 3 is 2.62 bits per heavy atom. The van der Waals surface area contributed by atoms with Crippen LogP contribution in [0.3, 0.4) is 0 Å². The first-order valence-electron chi connectivity index (χ1n) is 7.53. The zero-order valence-electron chi connectivity index (χ0n) is 13.9. The quantitative estimate of drug-likeness (QED) is 0.180. The van der Waals surface area contributed by atoms with Gasteiger partial charge in [0.05, 0.1) is 23.2 Å². The maximum absolute atomic E-state index is 10.8. The molecule has 0 aromatic heterocycles. The Balaban J connectivity index is 2.17. The number of nitrogens with zero attached hydrogens (tertiary/aromatic N) is 1. The van der Waals surface area contributed by atoms with E-state index in [4.69, 9.17) is 9.81 Å². The van der Waals surface area contributed by atoms with Crippen LogP contribution in [0, 0.1) is 0 Å². The van der Waals surface area contributed by atoms with Crippen LogP contribution in [0.25, 0.3) is 0 Å². The standard InChI is InChI=1S/C15H21NO6S2/c1-11-15(2,3)13-10-12(23-22-21-17)6-7-14(13)16(11)8-4-5-9-24(18,19)20/h6-7,10H,4-5,8-9H2,1-3H3,(H-,17,18,19,20)/p+1. The third-order valence-electron chi connectivity index (χ3n) is 4.44. The summed E-state index contributed by atoms with van der Waals surface area (Å²) in [6, 6.07) is 5.82. The van der Waals surface area contributed by atoms with Gasteiger partial charge in [0, 0.05) is 29.9 Å². The van der Waals surface area contributed by atoms with Gasteiger partial charge in [0.25, 0.3) is 10.1 Å². The molecule has 0 fully saturated rings. The lowest BCUT2D eigenvalue weighted by molar-refractivity contribution is -0.439. The van der Waals surface area contributed by atoms with Crippen molar-refractivity contribution >= 4 is 33.6 Å². The van der Waals surface area contributed by atoms with Gasteiger partial charge in [-0.3, -0.25) is 4.55 Å². The van der Waals surface area contributed by atoms with Gasteiger partial charge in [0.15, 0.2) is 5.71 Å². The first kappa shape index (κ1) is 19.4. The second-order valence-corrected chi connectivity index (χ2v) is 8.61. The zero-order valence-corrected chi connectivity index (χ0v) is 15.5. The third-order valence-corrected chi connectivity index (χ3v) is 5.82. The highest BCUT2D eigenvalue weighted by molar-refractivity contribution is 7.94. The average Bonchev–Trinajstić information content (AvgIpc) is 2.69. The molecule has 1 heterocycles. The van der Waals surface area contributed by atoms with Crippen molar-refractivity contribution in [2.24, 2.45) is 0 Å². The van der Waals surface area contributed by atoms with Crippen molar-refractivity contribution in [3.05, 3.63) is 23.8 Å². The molecule has 2 N–H and O–H groups in total. The molecule has 0 amide bonds. The van der Waals surface area contributed by atoms with Crippen molar-refractivity contribution in [2.45, 2.75) is 43.9 Å². The van der Waals surface area contributed by atoms with Crippen molar-refractivity contribution in [2.75, 3.05) is 12.3 Å². The summed E-state index contributed by atoms with van der Waals surface area (Å²) in [6.07, 6.45) is 1.07. The van der Waals surface area contributed by atoms with Crippen molar-refractivity contribution in [1.82, 2.24) is 0 Å². The van der Waals surface area contributed by atoms with E-state index in [2.05, 4.69) is 34.7 Å². The molecule has 0 unspecified atom stereocenters. The Bertz CT molecular complexity index is 742. The number of benzene rings is 1. The summed E-state index contributed by atoms with van der Waals surface area (Å²) in [5, 5.41) is 11.9. The van der Waals surface area contributed by atoms with Gasteiger partial charge in [-0.05, 0) is 32.4 Å². The van der Waals surface area contributed by atoms with Crippen LogP contribution in [0.15, 0.2) is 23.1 Å². The van der Waals surface area contributed by atoms with E-state index in [1.54, 1.807) is 0 Å². The zero-order chi connectivity index (χ0) is 18.0. The summed E-state index contributed by atoms with van der Waals surface area (Å²) in [7, 11) is -3.91. The fraction of sp³-hybridized carbons (Fsp3) is 0.533. The first-order valence-corrected chi connectivity index (χ1v) is 9.88. The highest BCUT2D eigenvalue weighted by atomic mass is 32.2. The summed E-state index contributed by atoms with van der Waals surface area (Å²) < 4.78 is 37.1. The number of rotatable bonds is 8. The predicted octanol–water partition coefficient (Wildman–Crippen LogP) is 3.18. The minimum atomic E-state index is -3.91. The molecule has 2 rings (SSSR count). The van der Waals surface area contributed by atoms with E-state index in [9.17, 15) is 8.42 Å². The van der Waals surface area contributed by atoms with Gasteiger partial charge in [0.2, 0.25) is 5.69 Å². The van der Waals surface area contributed by atoms with E-state index in [0.29, 0.717) is 19.4 Å². The smallest absolute Gasteiger partial charge is 0.264 e. The van der Waals surface area contributed by atoms with E-state index in [-0.39, 0.29) is 11.2 Å². The van der Waals surface area contributed by atoms with Crippen LogP contribution in [0.1, 0.15) is 39.2 Å². The van der Waals surface area contributed by atoms with Gasteiger partial charge >= 0.3 is 0 Å². The van der Waals surface area contributed by atoms with Gasteiger partial charge in [-0.25, -0.2) is 5.26 Å². The second kappa shape index (κ2) is 7.51. The minimum absolute atomic E-state index is 0.172. The largest absolute Gasteiger partial charge is 0.286 e. The fourth-order valence-corrected chi connectivity index (χ4v) is 3.88. The van der Waals surface area contributed by atoms with Crippen LogP contribution in [-0.4, -0.2) is 40.8 Å². The summed E-state index contributed by atoms with van der Waals surface area (Å²) in [5.74, 6) is -0.218. The number of unbranched alkanes of at least 4 members (excludes halogenated alkanes) is 1. The van der Waals surface area contributed by atoms with E-state index >= 15 is 0 Å². The van der Waals surface area contributed by atoms with Crippen LogP contribution >= 0.6 is 12.0 Å². The average molecular weight is 376 g/mol. The lowest BCUT2D eigenvalue weighted by Crippen LogP contribution is -2.26. The Kier molecular flexibility index (Phi) is 6.05. The van der Waals surface area contributed by atoms with Crippen molar-refractivity contribution in [3.8, 4) is 0 Å². The highest BCUT2D eigenvalue weighted by Crippen LogP contribution is 2.41. The SMILES string of the molecule is CC1=[N+](CCCCS(=O)(=O)O)c2ccc(SOOO)cc2C1(C)C. The molecule has 24 heavy (non-hydrogen) atoms. The summed E-state index contributed by atoms with van der Waals surface area (Å²) in [5.41, 5.74) is 3.19. The number of hydrogen-bond donors (Lipinski definition) is 2. The molecule has 1 aliphatic heterocycles. The molecule has 1 aromatic rings. The molecule has 0 spiro atoms. The molecule has 7 nitrogen and oxygen atoms in total. The first-order chi connectivity index (χ1) is 11.2. The Morgan fingerprint density at radius 1 is 1.29 bits per heavy atom. The van der Waals surface area contributed by atoms with Crippen LogP contribution in [0.4, 0.5) is 5.69 Å². The number of hydrogen-bond acceptors (Lipinski definition) is 6. The van der Waals surface area contributed by atoms with Crippen molar-refractivity contribution < 1.29 is 32.2 Å². The molecule has 134 valence electrons. The Hall–Kier alpha value is -0.970. The summed E-state index contributed by atoms with van der Waals surface area (Å²) in [6.45, 7) is 6.98. The molecule has 1 aromatic carbocycles. The molecule has 0 aliphatic carbocycles. The van der Waals surface area contributed by atoms with Gasteiger partial charge < -0.3 is 0 Å². The molecular weight excluding hydrogens is 354 g/mol. The van der Waals surface area contributed by atoms with Gasteiger partial charge in [-0.2, -0.15) is 13.0 Å². The predicted molar refractivity (Wildman–Crippen MR) is 91.2 cm³/mol. The lowest BCUT2D eigenvalue weighted by atomic mass is 9.82. The van der Waals surface area contributed by atoms with Crippen molar-refractivity contribution in [1.29, 1.82) is 0 Å². The van der Waals surface area contributed by atoms with E-state index in [1.165, 1.54) is 5.71 Å². The Morgan fingerprint density at radius 2 is 2.00 bits per heavy atom. The van der Waals surface area contributed by atoms with Crippen molar-refractivity contribution in [3.63, 3.8) is 0 Å². The molecule has 9 heteroatoms. The minimum Gasteiger partial charge on any atom is -0.286 e. The third kappa shape index (κ3) is 4.35. The van der Waals surface area contributed by atoms with Gasteiger partial charge in [-0.1, -0.05) is 5.04 Å². The molecular formula is C15H22NO6S2+. The molecule has 0 saturated carbocycles.